The summed E-state index contributed by atoms with van der Waals surface area (Å²) < 4.78 is 5.83. The monoisotopic (exact) mass is 330 g/mol. The fraction of sp³-hybridized carbons (Fsp3) is 0.143. The number of rotatable bonds is 4. The summed E-state index contributed by atoms with van der Waals surface area (Å²) in [7, 11) is 0. The highest BCUT2D eigenvalue weighted by atomic mass is 16.5. The van der Waals surface area contributed by atoms with Gasteiger partial charge in [-0.05, 0) is 48.7 Å². The maximum Gasteiger partial charge on any atom is 0.266 e. The second kappa shape index (κ2) is 7.06. The molecule has 4 nitrogen and oxygen atoms in total. The van der Waals surface area contributed by atoms with Gasteiger partial charge >= 0.3 is 0 Å². The van der Waals surface area contributed by atoms with Crippen molar-refractivity contribution in [3.63, 3.8) is 0 Å². The molecule has 0 fully saturated rings. The van der Waals surface area contributed by atoms with Crippen molar-refractivity contribution in [3.05, 3.63) is 87.3 Å². The van der Waals surface area contributed by atoms with Gasteiger partial charge in [-0.25, -0.2) is 0 Å². The van der Waals surface area contributed by atoms with E-state index in [4.69, 9.17) is 4.74 Å². The predicted molar refractivity (Wildman–Crippen MR) is 97.5 cm³/mol. The summed E-state index contributed by atoms with van der Waals surface area (Å²) in [6.45, 7) is 4.24. The van der Waals surface area contributed by atoms with E-state index in [-0.39, 0.29) is 11.1 Å². The maximum absolute atomic E-state index is 12.0. The lowest BCUT2D eigenvalue weighted by atomic mass is 9.97. The first kappa shape index (κ1) is 16.5. The van der Waals surface area contributed by atoms with Gasteiger partial charge in [0.2, 0.25) is 0 Å². The van der Waals surface area contributed by atoms with E-state index < -0.39 is 0 Å². The average Bonchev–Trinajstić information content (AvgIpc) is 2.60. The highest BCUT2D eigenvalue weighted by Crippen LogP contribution is 2.28. The number of ether oxygens (including phenoxy) is 1. The number of hydrogen-bond donors (Lipinski definition) is 1. The van der Waals surface area contributed by atoms with Gasteiger partial charge in [-0.2, -0.15) is 5.26 Å². The van der Waals surface area contributed by atoms with Crippen molar-refractivity contribution in [2.75, 3.05) is 0 Å². The first-order chi connectivity index (χ1) is 12.1. The number of nitrogens with zero attached hydrogens (tertiary/aromatic N) is 1. The number of nitrogens with one attached hydrogen (secondary N) is 1. The smallest absolute Gasteiger partial charge is 0.266 e. The van der Waals surface area contributed by atoms with E-state index in [1.54, 1.807) is 6.92 Å². The number of H-pyrrole nitrogens is 1. The summed E-state index contributed by atoms with van der Waals surface area (Å²) in [4.78, 5) is 14.7. The van der Waals surface area contributed by atoms with Crippen LogP contribution in [0, 0.1) is 25.2 Å². The molecule has 0 amide bonds. The molecule has 0 spiro atoms. The zero-order valence-electron chi connectivity index (χ0n) is 14.2. The van der Waals surface area contributed by atoms with Crippen LogP contribution in [0.15, 0.2) is 59.4 Å². The number of pyridine rings is 1. The van der Waals surface area contributed by atoms with Crippen LogP contribution >= 0.6 is 0 Å². The van der Waals surface area contributed by atoms with Crippen LogP contribution in [0.2, 0.25) is 0 Å². The van der Waals surface area contributed by atoms with Gasteiger partial charge in [-0.15, -0.1) is 0 Å². The third-order valence-corrected chi connectivity index (χ3v) is 4.02. The van der Waals surface area contributed by atoms with E-state index in [0.29, 0.717) is 12.2 Å². The van der Waals surface area contributed by atoms with Gasteiger partial charge < -0.3 is 9.72 Å². The lowest BCUT2D eigenvalue weighted by molar-refractivity contribution is 0.306. The molecular formula is C21H18N2O2. The van der Waals surface area contributed by atoms with E-state index in [0.717, 1.165) is 28.1 Å². The van der Waals surface area contributed by atoms with E-state index in [1.165, 1.54) is 0 Å². The summed E-state index contributed by atoms with van der Waals surface area (Å²) in [6, 6.07) is 19.5. The van der Waals surface area contributed by atoms with Crippen molar-refractivity contribution in [2.24, 2.45) is 0 Å². The van der Waals surface area contributed by atoms with Crippen molar-refractivity contribution in [3.8, 4) is 22.9 Å². The van der Waals surface area contributed by atoms with Crippen LogP contribution in [0.3, 0.4) is 0 Å². The molecule has 25 heavy (non-hydrogen) atoms. The molecule has 0 saturated heterocycles. The molecule has 0 atom stereocenters. The predicted octanol–water partition coefficient (Wildman–Crippen LogP) is 4.11. The Bertz CT molecular complexity index is 999. The summed E-state index contributed by atoms with van der Waals surface area (Å²) >= 11 is 0. The first-order valence-corrected chi connectivity index (χ1v) is 8.00. The van der Waals surface area contributed by atoms with Crippen molar-refractivity contribution in [1.29, 1.82) is 5.26 Å². The van der Waals surface area contributed by atoms with Gasteiger partial charge in [-0.1, -0.05) is 36.4 Å². The van der Waals surface area contributed by atoms with E-state index in [2.05, 4.69) is 4.98 Å². The van der Waals surface area contributed by atoms with Crippen LogP contribution in [0.1, 0.15) is 22.4 Å². The van der Waals surface area contributed by atoms with Crippen LogP contribution in [0.5, 0.6) is 5.75 Å². The topological polar surface area (TPSA) is 65.9 Å². The number of nitriles is 1. The third kappa shape index (κ3) is 3.61. The molecule has 0 aliphatic carbocycles. The second-order valence-corrected chi connectivity index (χ2v) is 5.93. The highest BCUT2D eigenvalue weighted by molar-refractivity contribution is 5.73. The Morgan fingerprint density at radius 3 is 2.48 bits per heavy atom. The maximum atomic E-state index is 12.0. The highest BCUT2D eigenvalue weighted by Gasteiger charge is 2.12. The summed E-state index contributed by atoms with van der Waals surface area (Å²) in [5.74, 6) is 0.755. The van der Waals surface area contributed by atoms with Crippen LogP contribution in [0.4, 0.5) is 0 Å². The minimum atomic E-state index is -0.360. The number of benzene rings is 2. The normalized spacial score (nSPS) is 10.3. The van der Waals surface area contributed by atoms with Gasteiger partial charge in [0.15, 0.2) is 0 Å². The largest absolute Gasteiger partial charge is 0.489 e. The third-order valence-electron chi connectivity index (χ3n) is 4.02. The summed E-state index contributed by atoms with van der Waals surface area (Å²) in [6.07, 6.45) is 0. The minimum absolute atomic E-state index is 0.131. The molecule has 0 unspecified atom stereocenters. The van der Waals surface area contributed by atoms with Crippen molar-refractivity contribution in [2.45, 2.75) is 20.5 Å². The van der Waals surface area contributed by atoms with E-state index in [9.17, 15) is 10.1 Å². The molecule has 124 valence electrons. The molecule has 1 N–H and O–H groups in total. The number of hydrogen-bond acceptors (Lipinski definition) is 3. The molecule has 4 heteroatoms. The number of aromatic nitrogens is 1. The van der Waals surface area contributed by atoms with Crippen LogP contribution in [0.25, 0.3) is 11.1 Å². The molecule has 1 heterocycles. The Morgan fingerprint density at radius 2 is 1.80 bits per heavy atom. The Kier molecular flexibility index (Phi) is 4.67. The van der Waals surface area contributed by atoms with Crippen LogP contribution in [-0.4, -0.2) is 4.98 Å². The fourth-order valence-corrected chi connectivity index (χ4v) is 2.78. The molecule has 2 aromatic carbocycles. The van der Waals surface area contributed by atoms with Gasteiger partial charge in [0, 0.05) is 11.3 Å². The molecule has 0 bridgehead atoms. The van der Waals surface area contributed by atoms with Crippen molar-refractivity contribution in [1.82, 2.24) is 4.98 Å². The van der Waals surface area contributed by atoms with Gasteiger partial charge in [-0.3, -0.25) is 4.79 Å². The van der Waals surface area contributed by atoms with Crippen LogP contribution in [-0.2, 0) is 6.61 Å². The summed E-state index contributed by atoms with van der Waals surface area (Å²) in [5.41, 5.74) is 4.05. The van der Waals surface area contributed by atoms with Gasteiger partial charge in [0.1, 0.15) is 24.0 Å². The van der Waals surface area contributed by atoms with E-state index >= 15 is 0 Å². The van der Waals surface area contributed by atoms with Crippen molar-refractivity contribution < 1.29 is 4.74 Å². The van der Waals surface area contributed by atoms with Crippen molar-refractivity contribution >= 4 is 0 Å². The van der Waals surface area contributed by atoms with Crippen LogP contribution < -0.4 is 10.3 Å². The Hall–Kier alpha value is -3.32. The SMILES string of the molecule is Cc1cc(-c2ccc(OCc3ccccc3)cc2C)c(C#N)c(=O)[nH]1. The van der Waals surface area contributed by atoms with Gasteiger partial charge in [0.25, 0.3) is 5.56 Å². The van der Waals surface area contributed by atoms with Gasteiger partial charge in [0.05, 0.1) is 0 Å². The molecule has 3 aromatic rings. The lowest BCUT2D eigenvalue weighted by Crippen LogP contribution is -2.13. The Balaban J connectivity index is 1.91. The molecule has 3 rings (SSSR count). The molecular weight excluding hydrogens is 312 g/mol. The Labute approximate surface area is 146 Å². The number of aromatic amines is 1. The zero-order chi connectivity index (χ0) is 17.8. The minimum Gasteiger partial charge on any atom is -0.489 e. The summed E-state index contributed by atoms with van der Waals surface area (Å²) in [5, 5.41) is 9.31. The standard InChI is InChI=1S/C21H18N2O2/c1-14-10-17(25-13-16-6-4-3-5-7-16)8-9-18(14)19-11-15(2)23-21(24)20(19)12-22/h3-11H,13H2,1-2H3,(H,23,24). The molecule has 0 aliphatic rings. The molecule has 0 aliphatic heterocycles. The molecule has 0 saturated carbocycles. The first-order valence-electron chi connectivity index (χ1n) is 8.00. The molecule has 1 aromatic heterocycles. The average molecular weight is 330 g/mol. The lowest BCUT2D eigenvalue weighted by Gasteiger charge is -2.12. The quantitative estimate of drug-likeness (QED) is 0.783. The van der Waals surface area contributed by atoms with E-state index in [1.807, 2.05) is 67.6 Å². The number of aryl methyl sites for hydroxylation is 2. The Morgan fingerprint density at radius 1 is 1.04 bits per heavy atom. The molecule has 0 radical (unpaired) electrons. The fourth-order valence-electron chi connectivity index (χ4n) is 2.78. The second-order valence-electron chi connectivity index (χ2n) is 5.93. The zero-order valence-corrected chi connectivity index (χ0v) is 14.2.